The topological polar surface area (TPSA) is 130 Å². The van der Waals surface area contributed by atoms with Gasteiger partial charge in [-0.25, -0.2) is 19.0 Å². The third-order valence-corrected chi connectivity index (χ3v) is 10.1. The third-order valence-electron chi connectivity index (χ3n) is 9.40. The number of aromatic nitrogens is 1. The Morgan fingerprint density at radius 3 is 2.38 bits per heavy atom. The summed E-state index contributed by atoms with van der Waals surface area (Å²) in [5, 5.41) is 3.73. The normalized spacial score (nSPS) is 18.8. The van der Waals surface area contributed by atoms with Crippen LogP contribution in [-0.2, 0) is 27.2 Å². The van der Waals surface area contributed by atoms with Crippen molar-refractivity contribution in [2.24, 2.45) is 5.92 Å². The van der Waals surface area contributed by atoms with Gasteiger partial charge >= 0.3 is 18.6 Å². The number of benzene rings is 3. The molecule has 1 unspecified atom stereocenters. The minimum Gasteiger partial charge on any atom is -0.870 e. The van der Waals surface area contributed by atoms with Gasteiger partial charge < -0.3 is 24.4 Å². The number of esters is 2. The molecule has 10 nitrogen and oxygen atoms in total. The van der Waals surface area contributed by atoms with Crippen LogP contribution in [0.2, 0.25) is 10.0 Å². The Morgan fingerprint density at radius 1 is 0.981 bits per heavy atom. The number of hydrogen-bond donors (Lipinski definition) is 1. The van der Waals surface area contributed by atoms with Crippen molar-refractivity contribution in [2.45, 2.75) is 50.7 Å². The number of aromatic amines is 1. The maximum atomic E-state index is 15.0. The summed E-state index contributed by atoms with van der Waals surface area (Å²) in [6, 6.07) is 15.7. The van der Waals surface area contributed by atoms with Gasteiger partial charge in [-0.15, -0.1) is 0 Å². The number of H-pyrrole nitrogens is 1. The van der Waals surface area contributed by atoms with Crippen LogP contribution < -0.4 is 19.8 Å². The first-order valence-corrected chi connectivity index (χ1v) is 17.5. The fraction of sp³-hybridized carbons (Fsp3) is 0.342. The van der Waals surface area contributed by atoms with E-state index in [1.807, 2.05) is 0 Å². The van der Waals surface area contributed by atoms with Gasteiger partial charge in [0, 0.05) is 30.6 Å². The summed E-state index contributed by atoms with van der Waals surface area (Å²) in [6.07, 6.45) is 3.74. The molecule has 2 bridgehead atoms. The van der Waals surface area contributed by atoms with Crippen LogP contribution in [0.5, 0.6) is 11.5 Å². The molecule has 53 heavy (non-hydrogen) atoms. The van der Waals surface area contributed by atoms with E-state index in [0.29, 0.717) is 33.3 Å². The monoisotopic (exact) mass is 775 g/mol. The standard InChI is InChI=1S/C38H36Cl2F3N3O6.H2O/c1-49-33-16-24(9-10-31(33)52-38(42)43)32(17-27-28(39)19-44-20-29(27)40)50-36(47)25-6-4-5-22(15-25)18-45-35(26-7-2-3-8-30(26)41)37(48)51-34-21-46-13-11-23(34)12-14-46;/h2-10,15-16,19-20,23,32,34-35,38,45H,11-14,17-18,21H2,1H3;1H2/t32-,34-,35?;/m0./s1. The Hall–Kier alpha value is -4.40. The number of fused-ring (bicyclic) bond motifs is 3. The van der Waals surface area contributed by atoms with Crippen LogP contribution >= 0.6 is 23.2 Å². The van der Waals surface area contributed by atoms with Crippen LogP contribution in [0.25, 0.3) is 0 Å². The highest BCUT2D eigenvalue weighted by molar-refractivity contribution is 6.35. The molecular weight excluding hydrogens is 738 g/mol. The molecule has 3 aliphatic rings. The highest BCUT2D eigenvalue weighted by Crippen LogP contribution is 2.36. The largest absolute Gasteiger partial charge is 0.870 e. The Balaban J connectivity index is 0.00000541. The lowest BCUT2D eigenvalue weighted by Crippen LogP contribution is -2.52. The zero-order valence-electron chi connectivity index (χ0n) is 28.6. The van der Waals surface area contributed by atoms with Crippen molar-refractivity contribution in [1.82, 2.24) is 10.2 Å². The van der Waals surface area contributed by atoms with Gasteiger partial charge in [0.15, 0.2) is 23.9 Å². The van der Waals surface area contributed by atoms with E-state index < -0.39 is 36.5 Å². The summed E-state index contributed by atoms with van der Waals surface area (Å²) in [4.78, 5) is 32.4. The predicted octanol–water partition coefficient (Wildman–Crippen LogP) is 6.99. The molecule has 1 aromatic heterocycles. The number of alkyl halides is 2. The van der Waals surface area contributed by atoms with Crippen LogP contribution in [-0.4, -0.2) is 61.8 Å². The molecule has 0 saturated carbocycles. The number of hydrogen-bond acceptors (Lipinski definition) is 9. The molecule has 7 rings (SSSR count). The van der Waals surface area contributed by atoms with Gasteiger partial charge in [0.1, 0.15) is 34.1 Å². The molecule has 3 aliphatic heterocycles. The summed E-state index contributed by atoms with van der Waals surface area (Å²) in [7, 11) is 1.30. The molecule has 4 aromatic rings. The van der Waals surface area contributed by atoms with E-state index in [2.05, 4.69) is 19.9 Å². The first-order chi connectivity index (χ1) is 25.1. The molecule has 3 atom stereocenters. The van der Waals surface area contributed by atoms with Crippen molar-refractivity contribution in [3.8, 4) is 11.5 Å². The highest BCUT2D eigenvalue weighted by Gasteiger charge is 2.38. The Bertz CT molecular complexity index is 1880. The summed E-state index contributed by atoms with van der Waals surface area (Å²) < 4.78 is 62.9. The van der Waals surface area contributed by atoms with E-state index in [0.717, 1.165) is 25.9 Å². The fourth-order valence-electron chi connectivity index (χ4n) is 6.68. The minimum absolute atomic E-state index is 0. The second-order valence-corrected chi connectivity index (χ2v) is 13.5. The van der Waals surface area contributed by atoms with Gasteiger partial charge in [0.2, 0.25) is 0 Å². The van der Waals surface area contributed by atoms with Crippen molar-refractivity contribution in [3.05, 3.63) is 123 Å². The van der Waals surface area contributed by atoms with E-state index in [-0.39, 0.29) is 53.1 Å². The van der Waals surface area contributed by atoms with Crippen molar-refractivity contribution in [2.75, 3.05) is 26.7 Å². The van der Waals surface area contributed by atoms with Gasteiger partial charge in [-0.05, 0) is 73.3 Å². The van der Waals surface area contributed by atoms with Crippen molar-refractivity contribution in [1.29, 1.82) is 0 Å². The van der Waals surface area contributed by atoms with E-state index in [4.69, 9.17) is 37.4 Å². The fourth-order valence-corrected chi connectivity index (χ4v) is 7.21. The lowest BCUT2D eigenvalue weighted by atomic mass is 9.86. The number of methoxy groups -OCH3 is 1. The van der Waals surface area contributed by atoms with Crippen LogP contribution in [0.4, 0.5) is 13.2 Å². The maximum absolute atomic E-state index is 15.0. The smallest absolute Gasteiger partial charge is 0.387 e. The van der Waals surface area contributed by atoms with Crippen LogP contribution in [0.15, 0.2) is 79.1 Å². The molecule has 0 aliphatic carbocycles. The Kier molecular flexibility index (Phi) is 13.6. The summed E-state index contributed by atoms with van der Waals surface area (Å²) in [6.45, 7) is -0.362. The Labute approximate surface area is 314 Å². The molecule has 3 aromatic carbocycles. The van der Waals surface area contributed by atoms with E-state index in [1.54, 1.807) is 42.5 Å². The molecule has 0 amide bonds. The van der Waals surface area contributed by atoms with Crippen molar-refractivity contribution >= 4 is 35.1 Å². The number of rotatable bonds is 14. The molecule has 3 saturated heterocycles. The second-order valence-electron chi connectivity index (χ2n) is 12.7. The summed E-state index contributed by atoms with van der Waals surface area (Å²) >= 11 is 12.9. The van der Waals surface area contributed by atoms with Gasteiger partial charge in [0.25, 0.3) is 0 Å². The Morgan fingerprint density at radius 2 is 1.72 bits per heavy atom. The average molecular weight is 777 g/mol. The minimum atomic E-state index is -3.08. The quantitative estimate of drug-likeness (QED) is 0.135. The molecule has 3 N–H and O–H groups in total. The van der Waals surface area contributed by atoms with Gasteiger partial charge in [-0.3, -0.25) is 10.2 Å². The first kappa shape index (κ1) is 39.8. The number of carbonyl (C=O) groups is 2. The van der Waals surface area contributed by atoms with Crippen LogP contribution in [0, 0.1) is 11.7 Å². The lowest BCUT2D eigenvalue weighted by molar-refractivity contribution is -0.377. The number of ether oxygens (including phenoxy) is 4. The van der Waals surface area contributed by atoms with Crippen LogP contribution in [0.3, 0.4) is 0 Å². The van der Waals surface area contributed by atoms with Gasteiger partial charge in [0.05, 0.1) is 12.7 Å². The lowest BCUT2D eigenvalue weighted by Gasteiger charge is -2.44. The summed E-state index contributed by atoms with van der Waals surface area (Å²) in [5.41, 5.74) is 1.84. The van der Waals surface area contributed by atoms with Crippen LogP contribution in [0.1, 0.15) is 57.6 Å². The first-order valence-electron chi connectivity index (χ1n) is 16.8. The molecule has 3 fully saturated rings. The molecule has 0 radical (unpaired) electrons. The number of pyridine rings is 1. The average Bonchev–Trinajstić information content (AvgIpc) is 3.14. The van der Waals surface area contributed by atoms with Crippen molar-refractivity contribution < 1.29 is 52.2 Å². The highest BCUT2D eigenvalue weighted by atomic mass is 35.5. The SMILES string of the molecule is COc1cc([C@H](Cc2c(Cl)c[nH+]cc2Cl)OC(=O)c2cccc(CNC(C(=O)O[C@H]3CN4CCC3CC4)c3ccccc3F)c2)ccc1OC(F)F.[OH-]. The number of piperidine rings is 3. The predicted molar refractivity (Wildman–Crippen MR) is 188 cm³/mol. The van der Waals surface area contributed by atoms with Gasteiger partial charge in [-0.2, -0.15) is 8.78 Å². The molecule has 282 valence electrons. The second kappa shape index (κ2) is 18.1. The molecule has 4 heterocycles. The zero-order valence-corrected chi connectivity index (χ0v) is 30.1. The van der Waals surface area contributed by atoms with Gasteiger partial charge in [-0.1, -0.05) is 59.6 Å². The molecule has 15 heteroatoms. The molecule has 0 spiro atoms. The molecular formula is C38H38Cl2F3N3O7. The van der Waals surface area contributed by atoms with E-state index >= 15 is 4.39 Å². The van der Waals surface area contributed by atoms with E-state index in [9.17, 15) is 18.4 Å². The van der Waals surface area contributed by atoms with Crippen molar-refractivity contribution in [3.63, 3.8) is 0 Å². The number of nitrogens with zero attached hydrogens (tertiary/aromatic N) is 1. The number of nitrogens with one attached hydrogen (secondary N) is 2. The zero-order chi connectivity index (χ0) is 36.8. The number of halogens is 5. The summed E-state index contributed by atoms with van der Waals surface area (Å²) in [5.74, 6) is -1.74. The van der Waals surface area contributed by atoms with E-state index in [1.165, 1.54) is 43.8 Å². The maximum Gasteiger partial charge on any atom is 0.387 e. The third kappa shape index (κ3) is 9.78. The number of carbonyl (C=O) groups excluding carboxylic acids is 2.